The number of rotatable bonds is 8. The van der Waals surface area contributed by atoms with Gasteiger partial charge in [0.1, 0.15) is 11.9 Å². The van der Waals surface area contributed by atoms with E-state index >= 15 is 0 Å². The predicted molar refractivity (Wildman–Crippen MR) is 88.4 cm³/mol. The summed E-state index contributed by atoms with van der Waals surface area (Å²) < 4.78 is 6.06. The molecule has 0 fully saturated rings. The molecule has 0 aliphatic carbocycles. The molecule has 122 valence electrons. The molecular weight excluding hydrogens is 321 g/mol. The third-order valence-corrected chi connectivity index (χ3v) is 3.69. The zero-order chi connectivity index (χ0) is 16.7. The second-order valence-corrected chi connectivity index (χ2v) is 5.81. The normalized spacial score (nSPS) is 11.6. The minimum absolute atomic E-state index is 0. The maximum absolute atomic E-state index is 10.7. The van der Waals surface area contributed by atoms with E-state index in [1.54, 1.807) is 24.1 Å². The van der Waals surface area contributed by atoms with E-state index in [4.69, 9.17) is 16.3 Å². The van der Waals surface area contributed by atoms with Crippen molar-refractivity contribution in [1.82, 2.24) is 4.90 Å². The Labute approximate surface area is 159 Å². The molecule has 0 aromatic heterocycles. The van der Waals surface area contributed by atoms with Gasteiger partial charge in [-0.1, -0.05) is 41.9 Å². The SMILES string of the molecule is CN(CCC(Oc1ccc(Cl)cc1)c1ccccc1)CC(=O)[O-].[Li+]. The van der Waals surface area contributed by atoms with Crippen LogP contribution in [0.4, 0.5) is 0 Å². The van der Waals surface area contributed by atoms with Gasteiger partial charge in [0.25, 0.3) is 0 Å². The van der Waals surface area contributed by atoms with Crippen molar-refractivity contribution < 1.29 is 33.5 Å². The molecular formula is C18H19ClLiNO3. The van der Waals surface area contributed by atoms with E-state index in [2.05, 4.69) is 0 Å². The Balaban J connectivity index is 0.00000288. The molecule has 0 radical (unpaired) electrons. The maximum Gasteiger partial charge on any atom is 1.00 e. The Bertz CT molecular complexity index is 622. The van der Waals surface area contributed by atoms with Crippen LogP contribution in [-0.2, 0) is 4.79 Å². The van der Waals surface area contributed by atoms with E-state index in [9.17, 15) is 9.90 Å². The van der Waals surface area contributed by atoms with Gasteiger partial charge >= 0.3 is 18.9 Å². The number of carbonyl (C=O) groups excluding carboxylic acids is 1. The molecule has 0 N–H and O–H groups in total. The number of ether oxygens (including phenoxy) is 1. The topological polar surface area (TPSA) is 52.6 Å². The summed E-state index contributed by atoms with van der Waals surface area (Å²) in [7, 11) is 1.75. The zero-order valence-corrected chi connectivity index (χ0v) is 14.7. The van der Waals surface area contributed by atoms with Crippen molar-refractivity contribution in [1.29, 1.82) is 0 Å². The molecule has 0 saturated carbocycles. The summed E-state index contributed by atoms with van der Waals surface area (Å²) >= 11 is 5.89. The van der Waals surface area contributed by atoms with Crippen molar-refractivity contribution in [2.24, 2.45) is 0 Å². The number of carbonyl (C=O) groups is 1. The smallest absolute Gasteiger partial charge is 0.549 e. The van der Waals surface area contributed by atoms with Crippen LogP contribution in [0.25, 0.3) is 0 Å². The van der Waals surface area contributed by atoms with Gasteiger partial charge < -0.3 is 19.5 Å². The molecule has 0 amide bonds. The van der Waals surface area contributed by atoms with E-state index < -0.39 is 5.97 Å². The molecule has 6 heteroatoms. The average Bonchev–Trinajstić information content (AvgIpc) is 2.53. The Morgan fingerprint density at radius 3 is 2.38 bits per heavy atom. The summed E-state index contributed by atoms with van der Waals surface area (Å²) in [6.07, 6.45) is 0.498. The summed E-state index contributed by atoms with van der Waals surface area (Å²) in [5, 5.41) is 11.3. The molecule has 1 atom stereocenters. The number of carboxylic acids is 1. The van der Waals surface area contributed by atoms with Crippen LogP contribution in [0.15, 0.2) is 54.6 Å². The monoisotopic (exact) mass is 339 g/mol. The van der Waals surface area contributed by atoms with E-state index in [1.165, 1.54) is 0 Å². The third-order valence-electron chi connectivity index (χ3n) is 3.44. The molecule has 0 heterocycles. The number of aliphatic carboxylic acids is 1. The fourth-order valence-electron chi connectivity index (χ4n) is 2.28. The van der Waals surface area contributed by atoms with Gasteiger partial charge in [-0.05, 0) is 36.9 Å². The summed E-state index contributed by atoms with van der Waals surface area (Å²) in [6, 6.07) is 17.1. The minimum Gasteiger partial charge on any atom is -0.549 e. The average molecular weight is 340 g/mol. The first-order chi connectivity index (χ1) is 11.0. The molecule has 2 rings (SSSR count). The van der Waals surface area contributed by atoms with E-state index in [-0.39, 0.29) is 31.5 Å². The van der Waals surface area contributed by atoms with Gasteiger partial charge in [0.15, 0.2) is 0 Å². The predicted octanol–water partition coefficient (Wildman–Crippen LogP) is -0.464. The number of carboxylic acid groups (broad SMARTS) is 1. The quantitative estimate of drug-likeness (QED) is 0.611. The largest absolute Gasteiger partial charge is 1.00 e. The van der Waals surface area contributed by atoms with Crippen molar-refractivity contribution in [3.8, 4) is 5.75 Å². The first kappa shape index (κ1) is 20.6. The zero-order valence-electron chi connectivity index (χ0n) is 13.9. The Morgan fingerprint density at radius 1 is 1.17 bits per heavy atom. The molecule has 0 saturated heterocycles. The summed E-state index contributed by atoms with van der Waals surface area (Å²) in [4.78, 5) is 12.4. The molecule has 2 aromatic carbocycles. The molecule has 0 spiro atoms. The van der Waals surface area contributed by atoms with Crippen LogP contribution in [0.1, 0.15) is 18.1 Å². The van der Waals surface area contributed by atoms with Gasteiger partial charge in [-0.3, -0.25) is 0 Å². The Kier molecular flexibility index (Phi) is 8.95. The van der Waals surface area contributed by atoms with Gasteiger partial charge in [0.05, 0.1) is 5.97 Å². The number of nitrogens with zero attached hydrogens (tertiary/aromatic N) is 1. The standard InChI is InChI=1S/C18H20ClNO3.Li/c1-20(13-18(21)22)12-11-17(14-5-3-2-4-6-14)23-16-9-7-15(19)8-10-16;/h2-10,17H,11-13H2,1H3,(H,21,22);/q;+1/p-1. The van der Waals surface area contributed by atoms with Crippen molar-refractivity contribution in [3.05, 3.63) is 65.2 Å². The Morgan fingerprint density at radius 2 is 1.79 bits per heavy atom. The van der Waals surface area contributed by atoms with Crippen molar-refractivity contribution in [2.45, 2.75) is 12.5 Å². The van der Waals surface area contributed by atoms with Crippen LogP contribution in [0.3, 0.4) is 0 Å². The first-order valence-electron chi connectivity index (χ1n) is 7.40. The van der Waals surface area contributed by atoms with Crippen LogP contribution < -0.4 is 28.7 Å². The Hall–Kier alpha value is -1.44. The number of hydrogen-bond acceptors (Lipinski definition) is 4. The molecule has 0 aliphatic heterocycles. The number of hydrogen-bond donors (Lipinski definition) is 0. The van der Waals surface area contributed by atoms with Crippen LogP contribution >= 0.6 is 11.6 Å². The number of likely N-dealkylation sites (N-methyl/N-ethyl adjacent to an activating group) is 1. The van der Waals surface area contributed by atoms with Gasteiger partial charge in [-0.2, -0.15) is 0 Å². The van der Waals surface area contributed by atoms with Gasteiger partial charge in [-0.25, -0.2) is 0 Å². The summed E-state index contributed by atoms with van der Waals surface area (Å²) in [5.41, 5.74) is 1.05. The van der Waals surface area contributed by atoms with Crippen molar-refractivity contribution in [3.63, 3.8) is 0 Å². The molecule has 2 aromatic rings. The fourth-order valence-corrected chi connectivity index (χ4v) is 2.40. The van der Waals surface area contributed by atoms with Gasteiger partial charge in [0, 0.05) is 24.5 Å². The van der Waals surface area contributed by atoms with E-state index in [0.717, 1.165) is 11.3 Å². The van der Waals surface area contributed by atoms with E-state index in [0.29, 0.717) is 18.0 Å². The summed E-state index contributed by atoms with van der Waals surface area (Å²) in [5.74, 6) is -0.354. The fraction of sp³-hybridized carbons (Fsp3) is 0.278. The van der Waals surface area contributed by atoms with Crippen molar-refractivity contribution in [2.75, 3.05) is 20.1 Å². The van der Waals surface area contributed by atoms with Gasteiger partial charge in [0.2, 0.25) is 0 Å². The molecule has 24 heavy (non-hydrogen) atoms. The third kappa shape index (κ3) is 6.98. The van der Waals surface area contributed by atoms with Crippen LogP contribution in [0, 0.1) is 0 Å². The van der Waals surface area contributed by atoms with Crippen LogP contribution in [0.2, 0.25) is 5.02 Å². The molecule has 0 bridgehead atoms. The second kappa shape index (κ2) is 10.4. The number of halogens is 1. The summed E-state index contributed by atoms with van der Waals surface area (Å²) in [6.45, 7) is 0.490. The van der Waals surface area contributed by atoms with E-state index in [1.807, 2.05) is 42.5 Å². The van der Waals surface area contributed by atoms with Gasteiger partial charge in [-0.15, -0.1) is 0 Å². The van der Waals surface area contributed by atoms with Crippen LogP contribution in [0.5, 0.6) is 5.75 Å². The second-order valence-electron chi connectivity index (χ2n) is 5.37. The molecule has 4 nitrogen and oxygen atoms in total. The minimum atomic E-state index is -1.08. The maximum atomic E-state index is 10.7. The van der Waals surface area contributed by atoms with Crippen LogP contribution in [-0.4, -0.2) is 31.0 Å². The molecule has 1 unspecified atom stereocenters. The first-order valence-corrected chi connectivity index (χ1v) is 7.78. The van der Waals surface area contributed by atoms with Crippen molar-refractivity contribution >= 4 is 17.6 Å². The number of benzene rings is 2. The molecule has 0 aliphatic rings.